The van der Waals surface area contributed by atoms with Gasteiger partial charge in [-0.15, -0.1) is 0 Å². The molecule has 3 aliphatic rings. The van der Waals surface area contributed by atoms with Crippen LogP contribution in [-0.4, -0.2) is 60.3 Å². The van der Waals surface area contributed by atoms with E-state index in [-0.39, 0.29) is 12.6 Å². The third kappa shape index (κ3) is 5.14. The molecule has 1 heterocycles. The first-order valence-electron chi connectivity index (χ1n) is 14.8. The van der Waals surface area contributed by atoms with Crippen molar-refractivity contribution in [2.24, 2.45) is 0 Å². The lowest BCUT2D eigenvalue weighted by Crippen LogP contribution is -2.50. The number of aliphatic hydroxyl groups is 1. The van der Waals surface area contributed by atoms with Gasteiger partial charge >= 0.3 is 0 Å². The number of piperazine rings is 1. The molecule has 212 valence electrons. The highest BCUT2D eigenvalue weighted by Crippen LogP contribution is 2.53. The molecule has 0 spiro atoms. The third-order valence-electron chi connectivity index (χ3n) is 9.03. The molecule has 0 radical (unpaired) electrons. The Balaban J connectivity index is 1.06. The zero-order valence-corrected chi connectivity index (χ0v) is 23.1. The molecule has 41 heavy (non-hydrogen) atoms. The summed E-state index contributed by atoms with van der Waals surface area (Å²) in [5, 5.41) is 13.0. The number of aliphatic hydroxyl groups excluding tert-OH is 1. The molecule has 0 bridgehead atoms. The number of nitrogens with zero attached hydrogens (tertiary/aromatic N) is 2. The summed E-state index contributed by atoms with van der Waals surface area (Å²) in [5.74, 6) is 1.12. The Morgan fingerprint density at radius 3 is 2.20 bits per heavy atom. The molecule has 2 aliphatic carbocycles. The van der Waals surface area contributed by atoms with E-state index in [1.54, 1.807) is 6.07 Å². The molecule has 4 aromatic carbocycles. The Hall–Kier alpha value is -3.32. The molecule has 2 fully saturated rings. The van der Waals surface area contributed by atoms with Crippen LogP contribution in [0.4, 0.5) is 8.78 Å². The molecule has 1 saturated carbocycles. The first-order chi connectivity index (χ1) is 20.1. The van der Waals surface area contributed by atoms with E-state index >= 15 is 8.78 Å². The van der Waals surface area contributed by atoms with Gasteiger partial charge in [0.05, 0.1) is 6.04 Å². The summed E-state index contributed by atoms with van der Waals surface area (Å²) >= 11 is 0. The molecule has 1 N–H and O–H groups in total. The molecule has 0 amide bonds. The van der Waals surface area contributed by atoms with Crippen LogP contribution < -0.4 is 4.74 Å². The zero-order chi connectivity index (χ0) is 27.9. The van der Waals surface area contributed by atoms with Crippen LogP contribution in [0, 0.1) is 0 Å². The number of benzene rings is 4. The number of rotatable bonds is 7. The Kier molecular flexibility index (Phi) is 7.23. The monoisotopic (exact) mass is 554 g/mol. The molecule has 1 aliphatic heterocycles. The first kappa shape index (κ1) is 26.6. The predicted molar refractivity (Wildman–Crippen MR) is 158 cm³/mol. The quantitative estimate of drug-likeness (QED) is 0.270. The Morgan fingerprint density at radius 2 is 1.39 bits per heavy atom. The van der Waals surface area contributed by atoms with Gasteiger partial charge in [-0.05, 0) is 58.0 Å². The molecule has 0 aromatic heterocycles. The summed E-state index contributed by atoms with van der Waals surface area (Å²) < 4.78 is 37.7. The van der Waals surface area contributed by atoms with Gasteiger partial charge in [0.2, 0.25) is 0 Å². The second kappa shape index (κ2) is 11.2. The first-order valence-corrected chi connectivity index (χ1v) is 14.8. The van der Waals surface area contributed by atoms with Crippen LogP contribution in [0.15, 0.2) is 84.9 Å². The lowest BCUT2D eigenvalue weighted by Gasteiger charge is -2.40. The maximum absolute atomic E-state index is 15.9. The summed E-state index contributed by atoms with van der Waals surface area (Å²) in [6.07, 6.45) is -1.87. The van der Waals surface area contributed by atoms with Crippen molar-refractivity contribution in [3.05, 3.63) is 113 Å². The van der Waals surface area contributed by atoms with Crippen LogP contribution >= 0.6 is 0 Å². The van der Waals surface area contributed by atoms with Crippen LogP contribution in [0.2, 0.25) is 0 Å². The van der Waals surface area contributed by atoms with E-state index in [1.807, 2.05) is 66.7 Å². The second-order valence-corrected chi connectivity index (χ2v) is 11.7. The Labute approximate surface area is 240 Å². The third-order valence-corrected chi connectivity index (χ3v) is 9.03. The van der Waals surface area contributed by atoms with Crippen molar-refractivity contribution in [2.75, 3.05) is 39.3 Å². The average molecular weight is 555 g/mol. The van der Waals surface area contributed by atoms with Gasteiger partial charge in [0.15, 0.2) is 12.3 Å². The molecular weight excluding hydrogens is 518 g/mol. The number of alkyl halides is 2. The number of fused-ring (bicyclic) bond motifs is 3. The largest absolute Gasteiger partial charge is 0.490 e. The average Bonchev–Trinajstić information content (AvgIpc) is 3.86. The maximum Gasteiger partial charge on any atom is 0.161 e. The molecule has 7 rings (SSSR count). The lowest BCUT2D eigenvalue weighted by atomic mass is 9.89. The maximum atomic E-state index is 15.9. The molecule has 4 aromatic rings. The predicted octanol–water partition coefficient (Wildman–Crippen LogP) is 6.90. The minimum atomic E-state index is -1.67. The number of β-amino-alcohol motifs (C(OH)–C–C–N with tert-alkyl or cyclic N) is 1. The van der Waals surface area contributed by atoms with Crippen LogP contribution in [-0.2, 0) is 0 Å². The molecule has 3 unspecified atom stereocenters. The standard InChI is InChI=1S/C35H36F2N2O2/c36-33-28-10-3-4-11-29(28)35(30-13-6-12-27(24-15-16-24)32(30)34(33)37)39-19-17-38(18-20-39)21-25(40)22-41-31-14-5-8-23-7-1-2-9-26(23)31/h1-14,24-25,33-35,40H,15-22H2/t25-,33?,34?,35?/m1/s1. The van der Waals surface area contributed by atoms with Crippen LogP contribution in [0.5, 0.6) is 5.75 Å². The summed E-state index contributed by atoms with van der Waals surface area (Å²) in [6, 6.07) is 27.4. The summed E-state index contributed by atoms with van der Waals surface area (Å²) in [6.45, 7) is 3.76. The smallest absolute Gasteiger partial charge is 0.161 e. The highest BCUT2D eigenvalue weighted by molar-refractivity contribution is 5.88. The van der Waals surface area contributed by atoms with Crippen LogP contribution in [0.25, 0.3) is 10.8 Å². The summed E-state index contributed by atoms with van der Waals surface area (Å²) in [5.41, 5.74) is 3.81. The zero-order valence-electron chi connectivity index (χ0n) is 23.1. The number of halogens is 2. The van der Waals surface area contributed by atoms with E-state index in [0.717, 1.165) is 72.2 Å². The molecule has 4 nitrogen and oxygen atoms in total. The molecule has 1 saturated heterocycles. The van der Waals surface area contributed by atoms with E-state index < -0.39 is 18.4 Å². The van der Waals surface area contributed by atoms with Crippen LogP contribution in [0.1, 0.15) is 65.0 Å². The Morgan fingerprint density at radius 1 is 0.732 bits per heavy atom. The number of hydrogen-bond acceptors (Lipinski definition) is 4. The lowest BCUT2D eigenvalue weighted by molar-refractivity contribution is 0.0403. The number of ether oxygens (including phenoxy) is 1. The van der Waals surface area contributed by atoms with E-state index in [4.69, 9.17) is 4.74 Å². The molecule has 4 atom stereocenters. The van der Waals surface area contributed by atoms with Crippen molar-refractivity contribution in [2.45, 2.75) is 43.2 Å². The highest BCUT2D eigenvalue weighted by Gasteiger charge is 2.42. The highest BCUT2D eigenvalue weighted by atomic mass is 19.2. The van der Waals surface area contributed by atoms with Crippen molar-refractivity contribution in [1.29, 1.82) is 0 Å². The fraction of sp³-hybridized carbons (Fsp3) is 0.371. The van der Waals surface area contributed by atoms with E-state index in [1.165, 1.54) is 0 Å². The number of hydrogen-bond donors (Lipinski definition) is 1. The van der Waals surface area contributed by atoms with Gasteiger partial charge in [-0.2, -0.15) is 0 Å². The van der Waals surface area contributed by atoms with E-state index in [9.17, 15) is 5.11 Å². The van der Waals surface area contributed by atoms with E-state index in [0.29, 0.717) is 23.6 Å². The molecule has 6 heteroatoms. The van der Waals surface area contributed by atoms with Gasteiger partial charge in [-0.1, -0.05) is 78.9 Å². The van der Waals surface area contributed by atoms with Crippen molar-refractivity contribution in [1.82, 2.24) is 9.80 Å². The van der Waals surface area contributed by atoms with Gasteiger partial charge in [0.1, 0.15) is 18.5 Å². The summed E-state index contributed by atoms with van der Waals surface area (Å²) in [7, 11) is 0. The fourth-order valence-electron chi connectivity index (χ4n) is 6.85. The fourth-order valence-corrected chi connectivity index (χ4v) is 6.85. The van der Waals surface area contributed by atoms with Gasteiger partial charge in [0, 0.05) is 38.1 Å². The SMILES string of the molecule is O[C@@H](COc1cccc2ccccc12)CN1CCN(C2c3ccccc3C(F)C(F)c3c(C4CC4)cccc32)CC1. The van der Waals surface area contributed by atoms with Crippen molar-refractivity contribution in [3.63, 3.8) is 0 Å². The minimum absolute atomic E-state index is 0.194. The van der Waals surface area contributed by atoms with Gasteiger partial charge < -0.3 is 9.84 Å². The molecular formula is C35H36F2N2O2. The minimum Gasteiger partial charge on any atom is -0.490 e. The van der Waals surface area contributed by atoms with Crippen molar-refractivity contribution in [3.8, 4) is 5.75 Å². The van der Waals surface area contributed by atoms with Crippen molar-refractivity contribution < 1.29 is 18.6 Å². The van der Waals surface area contributed by atoms with Gasteiger partial charge in [-0.25, -0.2) is 8.78 Å². The normalized spacial score (nSPS) is 23.9. The second-order valence-electron chi connectivity index (χ2n) is 11.7. The van der Waals surface area contributed by atoms with Gasteiger partial charge in [0.25, 0.3) is 0 Å². The van der Waals surface area contributed by atoms with Gasteiger partial charge in [-0.3, -0.25) is 9.80 Å². The summed E-state index contributed by atoms with van der Waals surface area (Å²) in [4.78, 5) is 4.63. The van der Waals surface area contributed by atoms with Crippen molar-refractivity contribution >= 4 is 10.8 Å². The van der Waals surface area contributed by atoms with E-state index in [2.05, 4.69) is 21.9 Å². The Bertz CT molecular complexity index is 1530. The van der Waals surface area contributed by atoms with Crippen LogP contribution in [0.3, 0.4) is 0 Å². The topological polar surface area (TPSA) is 35.9 Å².